The number of hydrogen-bond donors (Lipinski definition) is 0. The summed E-state index contributed by atoms with van der Waals surface area (Å²) in [6.07, 6.45) is 10.1. The van der Waals surface area contributed by atoms with Crippen molar-refractivity contribution in [3.63, 3.8) is 0 Å². The van der Waals surface area contributed by atoms with E-state index in [4.69, 9.17) is 0 Å². The third kappa shape index (κ3) is 8.28. The monoisotopic (exact) mass is 328 g/mol. The molecule has 0 aliphatic rings. The molecule has 0 heterocycles. The van der Waals surface area contributed by atoms with E-state index in [0.717, 1.165) is 17.5 Å². The third-order valence-electron chi connectivity index (χ3n) is 4.25. The minimum Gasteiger partial charge on any atom is -0.101 e. The third-order valence-corrected chi connectivity index (χ3v) is 4.25. The van der Waals surface area contributed by atoms with Crippen molar-refractivity contribution >= 4 is 0 Å². The highest BCUT2D eigenvalue weighted by Gasteiger charge is 1.93. The van der Waals surface area contributed by atoms with Gasteiger partial charge >= 0.3 is 0 Å². The van der Waals surface area contributed by atoms with Crippen LogP contribution >= 0.6 is 0 Å². The summed E-state index contributed by atoms with van der Waals surface area (Å²) in [6, 6.07) is 19.0. The van der Waals surface area contributed by atoms with Crippen LogP contribution in [0.25, 0.3) is 0 Å². The highest BCUT2D eigenvalue weighted by atomic mass is 14.0. The molecule has 0 radical (unpaired) electrons. The SMILES string of the molecule is CC#Cc1ccc(C#CCCCCCCCCc2ccccc2)cc1. The first kappa shape index (κ1) is 18.9. The molecular weight excluding hydrogens is 300 g/mol. The first-order valence-electron chi connectivity index (χ1n) is 9.44. The Morgan fingerprint density at radius 2 is 1.24 bits per heavy atom. The predicted molar refractivity (Wildman–Crippen MR) is 108 cm³/mol. The van der Waals surface area contributed by atoms with E-state index < -0.39 is 0 Å². The molecule has 0 nitrogen and oxygen atoms in total. The molecule has 0 amide bonds. The van der Waals surface area contributed by atoms with Crippen LogP contribution in [0.15, 0.2) is 54.6 Å². The van der Waals surface area contributed by atoms with Crippen LogP contribution < -0.4 is 0 Å². The molecule has 0 saturated carbocycles. The highest BCUT2D eigenvalue weighted by Crippen LogP contribution is 2.10. The zero-order valence-corrected chi connectivity index (χ0v) is 15.4. The lowest BCUT2D eigenvalue weighted by molar-refractivity contribution is 0.599. The van der Waals surface area contributed by atoms with Gasteiger partial charge in [-0.25, -0.2) is 0 Å². The maximum absolute atomic E-state index is 3.29. The maximum Gasteiger partial charge on any atom is 0.0246 e. The van der Waals surface area contributed by atoms with Crippen molar-refractivity contribution < 1.29 is 0 Å². The number of unbranched alkanes of at least 4 members (excludes halogenated alkanes) is 6. The van der Waals surface area contributed by atoms with Gasteiger partial charge < -0.3 is 0 Å². The van der Waals surface area contributed by atoms with Gasteiger partial charge in [0.25, 0.3) is 0 Å². The Labute approximate surface area is 153 Å². The fourth-order valence-electron chi connectivity index (χ4n) is 2.84. The molecule has 0 spiro atoms. The Kier molecular flexibility index (Phi) is 9.07. The number of aryl methyl sites for hydroxylation is 1. The Balaban J connectivity index is 1.50. The largest absolute Gasteiger partial charge is 0.101 e. The second-order valence-corrected chi connectivity index (χ2v) is 6.36. The summed E-state index contributed by atoms with van der Waals surface area (Å²) in [7, 11) is 0. The van der Waals surface area contributed by atoms with E-state index in [1.54, 1.807) is 0 Å². The van der Waals surface area contributed by atoms with Crippen LogP contribution in [0.5, 0.6) is 0 Å². The average molecular weight is 328 g/mol. The van der Waals surface area contributed by atoms with Crippen molar-refractivity contribution in [3.05, 3.63) is 71.3 Å². The van der Waals surface area contributed by atoms with E-state index in [-0.39, 0.29) is 0 Å². The summed E-state index contributed by atoms with van der Waals surface area (Å²) in [5.74, 6) is 12.5. The first-order chi connectivity index (χ1) is 12.4. The molecule has 0 atom stereocenters. The van der Waals surface area contributed by atoms with Crippen LogP contribution in [0.1, 0.15) is 68.6 Å². The summed E-state index contributed by atoms with van der Waals surface area (Å²) < 4.78 is 0. The standard InChI is InChI=1S/C25H28/c1-2-14-23-19-21-25(22-20-23)18-11-8-6-4-3-5-7-10-15-24-16-12-9-13-17-24/h9,12-13,16-17,19-22H,3-8,10,15H2,1H3. The topological polar surface area (TPSA) is 0 Å². The van der Waals surface area contributed by atoms with E-state index in [1.807, 2.05) is 19.1 Å². The molecule has 0 bridgehead atoms. The summed E-state index contributed by atoms with van der Waals surface area (Å²) in [6.45, 7) is 1.86. The zero-order chi connectivity index (χ0) is 17.6. The van der Waals surface area contributed by atoms with Gasteiger partial charge in [-0.3, -0.25) is 0 Å². The van der Waals surface area contributed by atoms with E-state index in [0.29, 0.717) is 0 Å². The Morgan fingerprint density at radius 3 is 1.92 bits per heavy atom. The summed E-state index contributed by atoms with van der Waals surface area (Å²) in [5.41, 5.74) is 3.61. The molecule has 0 fully saturated rings. The normalized spacial score (nSPS) is 9.64. The highest BCUT2D eigenvalue weighted by molar-refractivity contribution is 5.41. The van der Waals surface area contributed by atoms with Gasteiger partial charge in [0, 0.05) is 17.5 Å². The summed E-state index contributed by atoms with van der Waals surface area (Å²) in [4.78, 5) is 0. The molecule has 2 aromatic rings. The van der Waals surface area contributed by atoms with Gasteiger partial charge in [0.05, 0.1) is 0 Å². The molecule has 0 aromatic heterocycles. The Bertz CT molecular complexity index is 715. The van der Waals surface area contributed by atoms with Gasteiger partial charge in [-0.2, -0.15) is 0 Å². The van der Waals surface area contributed by atoms with Gasteiger partial charge in [-0.1, -0.05) is 73.8 Å². The quantitative estimate of drug-likeness (QED) is 0.389. The maximum atomic E-state index is 3.29. The lowest BCUT2D eigenvalue weighted by Gasteiger charge is -2.01. The molecule has 25 heavy (non-hydrogen) atoms. The van der Waals surface area contributed by atoms with Crippen molar-refractivity contribution in [3.8, 4) is 23.7 Å². The van der Waals surface area contributed by atoms with E-state index in [1.165, 1.54) is 50.5 Å². The molecule has 2 aromatic carbocycles. The van der Waals surface area contributed by atoms with Crippen LogP contribution in [0, 0.1) is 23.7 Å². The van der Waals surface area contributed by atoms with E-state index in [9.17, 15) is 0 Å². The molecule has 0 saturated heterocycles. The summed E-state index contributed by atoms with van der Waals surface area (Å²) in [5, 5.41) is 0. The van der Waals surface area contributed by atoms with Crippen molar-refractivity contribution in [1.29, 1.82) is 0 Å². The van der Waals surface area contributed by atoms with Crippen molar-refractivity contribution in [2.24, 2.45) is 0 Å². The van der Waals surface area contributed by atoms with Gasteiger partial charge in [-0.15, -0.1) is 5.92 Å². The molecule has 0 unspecified atom stereocenters. The molecule has 0 aliphatic carbocycles. The van der Waals surface area contributed by atoms with E-state index >= 15 is 0 Å². The molecule has 0 aliphatic heterocycles. The Hall–Kier alpha value is -2.44. The second-order valence-electron chi connectivity index (χ2n) is 6.36. The van der Waals surface area contributed by atoms with Gasteiger partial charge in [-0.05, 0) is 56.0 Å². The number of rotatable bonds is 8. The fraction of sp³-hybridized carbons (Fsp3) is 0.360. The smallest absolute Gasteiger partial charge is 0.0246 e. The first-order valence-corrected chi connectivity index (χ1v) is 9.44. The van der Waals surface area contributed by atoms with Crippen LogP contribution in [0.2, 0.25) is 0 Å². The lowest BCUT2D eigenvalue weighted by atomic mass is 10.0. The zero-order valence-electron chi connectivity index (χ0n) is 15.4. The summed E-state index contributed by atoms with van der Waals surface area (Å²) >= 11 is 0. The van der Waals surface area contributed by atoms with Crippen LogP contribution in [-0.4, -0.2) is 0 Å². The minimum atomic E-state index is 1.00. The van der Waals surface area contributed by atoms with Crippen LogP contribution in [-0.2, 0) is 6.42 Å². The Morgan fingerprint density at radius 1 is 0.640 bits per heavy atom. The van der Waals surface area contributed by atoms with Gasteiger partial charge in [0.15, 0.2) is 0 Å². The van der Waals surface area contributed by atoms with Crippen molar-refractivity contribution in [1.82, 2.24) is 0 Å². The fourth-order valence-corrected chi connectivity index (χ4v) is 2.84. The van der Waals surface area contributed by atoms with Crippen molar-refractivity contribution in [2.75, 3.05) is 0 Å². The molecule has 2 rings (SSSR count). The molecule has 0 heteroatoms. The average Bonchev–Trinajstić information content (AvgIpc) is 2.66. The number of hydrogen-bond acceptors (Lipinski definition) is 0. The van der Waals surface area contributed by atoms with Crippen molar-refractivity contribution in [2.45, 2.75) is 58.3 Å². The molecule has 128 valence electrons. The van der Waals surface area contributed by atoms with E-state index in [2.05, 4.69) is 66.1 Å². The molecule has 0 N–H and O–H groups in total. The van der Waals surface area contributed by atoms with Crippen LogP contribution in [0.3, 0.4) is 0 Å². The molecular formula is C25H28. The van der Waals surface area contributed by atoms with Gasteiger partial charge in [0.1, 0.15) is 0 Å². The lowest BCUT2D eigenvalue weighted by Crippen LogP contribution is -1.85. The minimum absolute atomic E-state index is 1.00. The van der Waals surface area contributed by atoms with Crippen LogP contribution in [0.4, 0.5) is 0 Å². The predicted octanol–water partition coefficient (Wildman–Crippen LogP) is 6.38. The second kappa shape index (κ2) is 12.0. The van der Waals surface area contributed by atoms with Gasteiger partial charge in [0.2, 0.25) is 0 Å². The number of benzene rings is 2.